The number of anilines is 1. The minimum atomic E-state index is -4.71. The third kappa shape index (κ3) is 4.75. The van der Waals surface area contributed by atoms with Gasteiger partial charge in [-0.25, -0.2) is 9.37 Å². The predicted octanol–water partition coefficient (Wildman–Crippen LogP) is 6.33. The molecule has 2 fully saturated rings. The summed E-state index contributed by atoms with van der Waals surface area (Å²) in [4.78, 5) is 8.90. The Labute approximate surface area is 245 Å². The Hall–Kier alpha value is -3.46. The first kappa shape index (κ1) is 28.6. The molecule has 6 rings (SSSR count). The Balaban J connectivity index is 1.60. The molecule has 2 aromatic carbocycles. The highest BCUT2D eigenvalue weighted by Crippen LogP contribution is 2.46. The number of likely N-dealkylation sites (N-methyl/N-ethyl adjacent to an activating group) is 1. The number of benzene rings is 2. The molecule has 0 bridgehead atoms. The molecule has 0 aliphatic carbocycles. The Morgan fingerprint density at radius 3 is 2.67 bits per heavy atom. The molecule has 4 heterocycles. The van der Waals surface area contributed by atoms with Crippen molar-refractivity contribution in [3.63, 3.8) is 0 Å². The van der Waals surface area contributed by atoms with Crippen molar-refractivity contribution in [2.45, 2.75) is 50.5 Å². The van der Waals surface area contributed by atoms with Crippen LogP contribution in [0.3, 0.4) is 0 Å². The number of aryl methyl sites for hydroxylation is 1. The van der Waals surface area contributed by atoms with E-state index >= 15 is 4.39 Å². The van der Waals surface area contributed by atoms with E-state index < -0.39 is 17.6 Å². The molecule has 2 aromatic heterocycles. The van der Waals surface area contributed by atoms with Crippen LogP contribution in [0.15, 0.2) is 30.5 Å². The van der Waals surface area contributed by atoms with Crippen LogP contribution in [-0.2, 0) is 6.18 Å². The summed E-state index contributed by atoms with van der Waals surface area (Å²) in [6.07, 6.45) is -1.23. The summed E-state index contributed by atoms with van der Waals surface area (Å²) in [5.74, 6) is -0.362. The molecule has 7 nitrogen and oxygen atoms in total. The highest BCUT2D eigenvalue weighted by atomic mass is 35.5. The number of pyridine rings is 1. The van der Waals surface area contributed by atoms with E-state index in [0.29, 0.717) is 49.2 Å². The number of nitrogens with zero attached hydrogens (tertiary/aromatic N) is 6. The smallest absolute Gasteiger partial charge is 0.353 e. The van der Waals surface area contributed by atoms with E-state index in [1.807, 2.05) is 23.7 Å². The fourth-order valence-corrected chi connectivity index (χ4v) is 6.60. The number of aromatic nitrogens is 3. The first-order valence-corrected chi connectivity index (χ1v) is 14.2. The normalized spacial score (nSPS) is 20.0. The van der Waals surface area contributed by atoms with Crippen LogP contribution in [0.1, 0.15) is 36.4 Å². The molecule has 0 amide bonds. The van der Waals surface area contributed by atoms with Crippen molar-refractivity contribution in [1.29, 1.82) is 5.26 Å². The van der Waals surface area contributed by atoms with E-state index in [4.69, 9.17) is 21.7 Å². The molecule has 12 heteroatoms. The topological polar surface area (TPSA) is 73.0 Å². The standard InChI is InChI=1S/C30H30ClF4N7/c1-16-5-4-6-20(25(16)30(33,34)35)24-23(31)12-21-27(26(24)32)39-29(41-14-19(15-41)40(2)3)22-13-38-42(28(21)22)18-8-10-37-17(11-18)7-9-36/h4-6,12-13,17-19,37H,7-8,10-11,14-15H2,1-3H3/t17-,18+/m1/s1. The molecule has 220 valence electrons. The zero-order chi connectivity index (χ0) is 29.9. The van der Waals surface area contributed by atoms with Crippen LogP contribution < -0.4 is 10.2 Å². The average Bonchev–Trinajstić information content (AvgIpc) is 3.34. The maximum absolute atomic E-state index is 16.6. The second-order valence-corrected chi connectivity index (χ2v) is 11.8. The minimum Gasteiger partial charge on any atom is -0.353 e. The van der Waals surface area contributed by atoms with Crippen LogP contribution in [0.25, 0.3) is 32.9 Å². The fourth-order valence-electron chi connectivity index (χ4n) is 6.30. The molecule has 0 radical (unpaired) electrons. The number of hydrogen-bond donors (Lipinski definition) is 1. The van der Waals surface area contributed by atoms with Crippen molar-refractivity contribution >= 4 is 39.2 Å². The van der Waals surface area contributed by atoms with Gasteiger partial charge in [0.1, 0.15) is 11.3 Å². The number of rotatable bonds is 5. The highest BCUT2D eigenvalue weighted by Gasteiger charge is 2.38. The van der Waals surface area contributed by atoms with Gasteiger partial charge >= 0.3 is 6.18 Å². The molecular weight excluding hydrogens is 570 g/mol. The van der Waals surface area contributed by atoms with Gasteiger partial charge in [0.2, 0.25) is 0 Å². The predicted molar refractivity (Wildman–Crippen MR) is 155 cm³/mol. The number of fused-ring (bicyclic) bond motifs is 3. The average molecular weight is 600 g/mol. The van der Waals surface area contributed by atoms with E-state index in [1.54, 1.807) is 6.20 Å². The summed E-state index contributed by atoms with van der Waals surface area (Å²) in [7, 11) is 3.98. The number of nitriles is 1. The number of halogens is 5. The molecule has 4 aromatic rings. The lowest BCUT2D eigenvalue weighted by molar-refractivity contribution is -0.137. The summed E-state index contributed by atoms with van der Waals surface area (Å²) in [5, 5.41) is 18.3. The van der Waals surface area contributed by atoms with Crippen LogP contribution in [-0.4, -0.2) is 65.5 Å². The Kier molecular flexibility index (Phi) is 7.28. The number of alkyl halides is 3. The van der Waals surface area contributed by atoms with Crippen molar-refractivity contribution < 1.29 is 17.6 Å². The van der Waals surface area contributed by atoms with E-state index in [1.165, 1.54) is 31.2 Å². The molecule has 2 aliphatic rings. The van der Waals surface area contributed by atoms with Crippen LogP contribution in [0.5, 0.6) is 0 Å². The molecule has 0 saturated carbocycles. The van der Waals surface area contributed by atoms with Gasteiger partial charge in [-0.15, -0.1) is 0 Å². The van der Waals surface area contributed by atoms with E-state index in [-0.39, 0.29) is 45.4 Å². The minimum absolute atomic E-state index is 0.00848. The van der Waals surface area contributed by atoms with E-state index in [0.717, 1.165) is 11.8 Å². The molecular formula is C30H30ClF4N7. The Morgan fingerprint density at radius 2 is 1.98 bits per heavy atom. The highest BCUT2D eigenvalue weighted by molar-refractivity contribution is 6.35. The van der Waals surface area contributed by atoms with Crippen molar-refractivity contribution in [3.05, 3.63) is 52.4 Å². The van der Waals surface area contributed by atoms with E-state index in [2.05, 4.69) is 16.3 Å². The van der Waals surface area contributed by atoms with Crippen molar-refractivity contribution in [2.24, 2.45) is 0 Å². The summed E-state index contributed by atoms with van der Waals surface area (Å²) in [6, 6.07) is 8.01. The van der Waals surface area contributed by atoms with Crippen LogP contribution in [0, 0.1) is 24.1 Å². The molecule has 0 spiro atoms. The second kappa shape index (κ2) is 10.7. The summed E-state index contributed by atoms with van der Waals surface area (Å²) < 4.78 is 61.0. The molecule has 42 heavy (non-hydrogen) atoms. The number of hydrogen-bond acceptors (Lipinski definition) is 6. The van der Waals surface area contributed by atoms with Crippen LogP contribution in [0.2, 0.25) is 5.02 Å². The number of nitrogens with one attached hydrogen (secondary N) is 1. The van der Waals surface area contributed by atoms with Gasteiger partial charge in [0.05, 0.1) is 46.2 Å². The molecule has 0 unspecified atom stereocenters. The molecule has 1 N–H and O–H groups in total. The molecule has 2 saturated heterocycles. The van der Waals surface area contributed by atoms with Crippen molar-refractivity contribution in [2.75, 3.05) is 38.6 Å². The Morgan fingerprint density at radius 1 is 1.21 bits per heavy atom. The lowest BCUT2D eigenvalue weighted by Gasteiger charge is -2.43. The van der Waals surface area contributed by atoms with Gasteiger partial charge in [0.15, 0.2) is 5.82 Å². The summed E-state index contributed by atoms with van der Waals surface area (Å²) >= 11 is 6.66. The zero-order valence-electron chi connectivity index (χ0n) is 23.4. The zero-order valence-corrected chi connectivity index (χ0v) is 24.2. The quantitative estimate of drug-likeness (QED) is 0.270. The monoisotopic (exact) mass is 599 g/mol. The lowest BCUT2D eigenvalue weighted by Crippen LogP contribution is -2.57. The van der Waals surface area contributed by atoms with Gasteiger partial charge in [-0.1, -0.05) is 29.8 Å². The largest absolute Gasteiger partial charge is 0.417 e. The van der Waals surface area contributed by atoms with Gasteiger partial charge in [0.25, 0.3) is 0 Å². The maximum Gasteiger partial charge on any atom is 0.417 e. The van der Waals surface area contributed by atoms with Gasteiger partial charge in [-0.3, -0.25) is 4.68 Å². The van der Waals surface area contributed by atoms with Gasteiger partial charge in [0, 0.05) is 36.1 Å². The van der Waals surface area contributed by atoms with Crippen LogP contribution >= 0.6 is 11.6 Å². The van der Waals surface area contributed by atoms with Gasteiger partial charge in [-0.2, -0.15) is 23.5 Å². The summed E-state index contributed by atoms with van der Waals surface area (Å²) in [6.45, 7) is 3.38. The van der Waals surface area contributed by atoms with Gasteiger partial charge < -0.3 is 15.1 Å². The first-order chi connectivity index (χ1) is 20.0. The SMILES string of the molecule is Cc1cccc(-c2c(Cl)cc3c(nc(N4CC(N(C)C)C4)c4cnn([C@H]5CCN[C@H](CC#N)C5)c43)c2F)c1C(F)(F)F. The molecule has 2 atom stereocenters. The van der Waals surface area contributed by atoms with E-state index in [9.17, 15) is 18.4 Å². The second-order valence-electron chi connectivity index (χ2n) is 11.4. The third-order valence-electron chi connectivity index (χ3n) is 8.57. The van der Waals surface area contributed by atoms with Gasteiger partial charge in [-0.05, 0) is 57.6 Å². The third-order valence-corrected chi connectivity index (χ3v) is 8.87. The van der Waals surface area contributed by atoms with Crippen molar-refractivity contribution in [3.8, 4) is 17.2 Å². The maximum atomic E-state index is 16.6. The lowest BCUT2D eigenvalue weighted by atomic mass is 9.93. The first-order valence-electron chi connectivity index (χ1n) is 13.9. The number of piperidine rings is 1. The Bertz CT molecular complexity index is 1720. The van der Waals surface area contributed by atoms with Crippen molar-refractivity contribution in [1.82, 2.24) is 25.0 Å². The molecule has 2 aliphatic heterocycles. The van der Waals surface area contributed by atoms with Crippen LogP contribution in [0.4, 0.5) is 23.4 Å². The fraction of sp³-hybridized carbons (Fsp3) is 0.433. The summed E-state index contributed by atoms with van der Waals surface area (Å²) in [5.41, 5.74) is -1.01.